The number of piperazine rings is 1. The number of halogens is 1. The SMILES string of the molecule is NC(=O)C1(F)CCN(CC(=O)N2CCN(c3ccccc3)CC2)C1. The van der Waals surface area contributed by atoms with Crippen LogP contribution in [0.2, 0.25) is 0 Å². The molecule has 2 N–H and O–H groups in total. The second-order valence-electron chi connectivity index (χ2n) is 6.49. The van der Waals surface area contributed by atoms with Gasteiger partial charge >= 0.3 is 0 Å². The second kappa shape index (κ2) is 6.76. The van der Waals surface area contributed by atoms with Gasteiger partial charge in [0.15, 0.2) is 0 Å². The Bertz CT molecular complexity index is 604. The standard InChI is InChI=1S/C17H23FN4O2/c18-17(16(19)24)6-7-20(13-17)12-15(23)22-10-8-21(9-11-22)14-4-2-1-3-5-14/h1-5H,6-13H2,(H2,19,24). The number of alkyl halides is 1. The minimum absolute atomic E-state index is 0.0172. The number of likely N-dealkylation sites (tertiary alicyclic amines) is 1. The maximum Gasteiger partial charge on any atom is 0.256 e. The molecule has 7 heteroatoms. The highest BCUT2D eigenvalue weighted by molar-refractivity contribution is 5.84. The van der Waals surface area contributed by atoms with Crippen LogP contribution in [0, 0.1) is 0 Å². The number of carbonyl (C=O) groups excluding carboxylic acids is 2. The van der Waals surface area contributed by atoms with Crippen molar-refractivity contribution in [1.29, 1.82) is 0 Å². The van der Waals surface area contributed by atoms with E-state index in [1.54, 1.807) is 4.90 Å². The van der Waals surface area contributed by atoms with Gasteiger partial charge < -0.3 is 15.5 Å². The van der Waals surface area contributed by atoms with Gasteiger partial charge in [-0.3, -0.25) is 14.5 Å². The Balaban J connectivity index is 1.49. The second-order valence-corrected chi connectivity index (χ2v) is 6.49. The van der Waals surface area contributed by atoms with Crippen LogP contribution in [0.3, 0.4) is 0 Å². The third-order valence-corrected chi connectivity index (χ3v) is 4.85. The van der Waals surface area contributed by atoms with E-state index in [2.05, 4.69) is 17.0 Å². The molecule has 2 amide bonds. The molecule has 2 heterocycles. The summed E-state index contributed by atoms with van der Waals surface area (Å²) in [7, 11) is 0. The highest BCUT2D eigenvalue weighted by Gasteiger charge is 2.44. The molecule has 6 nitrogen and oxygen atoms in total. The Hall–Kier alpha value is -2.15. The molecule has 1 aromatic rings. The van der Waals surface area contributed by atoms with Crippen molar-refractivity contribution in [2.24, 2.45) is 5.73 Å². The monoisotopic (exact) mass is 334 g/mol. The number of benzene rings is 1. The Kier molecular flexibility index (Phi) is 4.71. The zero-order valence-electron chi connectivity index (χ0n) is 13.7. The average molecular weight is 334 g/mol. The van der Waals surface area contributed by atoms with Crippen molar-refractivity contribution in [1.82, 2.24) is 9.80 Å². The van der Waals surface area contributed by atoms with Crippen molar-refractivity contribution < 1.29 is 14.0 Å². The van der Waals surface area contributed by atoms with Crippen LogP contribution in [0.5, 0.6) is 0 Å². The van der Waals surface area contributed by atoms with Crippen LogP contribution in [0.4, 0.5) is 10.1 Å². The molecule has 1 unspecified atom stereocenters. The van der Waals surface area contributed by atoms with Gasteiger partial charge in [0.1, 0.15) is 0 Å². The smallest absolute Gasteiger partial charge is 0.256 e. The van der Waals surface area contributed by atoms with E-state index in [1.807, 2.05) is 23.1 Å². The summed E-state index contributed by atoms with van der Waals surface area (Å²) in [6.45, 7) is 3.31. The summed E-state index contributed by atoms with van der Waals surface area (Å²) in [6.07, 6.45) is 0.0669. The van der Waals surface area contributed by atoms with Gasteiger partial charge in [0.05, 0.1) is 6.54 Å². The lowest BCUT2D eigenvalue weighted by Gasteiger charge is -2.36. The quantitative estimate of drug-likeness (QED) is 0.856. The fourth-order valence-electron chi connectivity index (χ4n) is 3.33. The van der Waals surface area contributed by atoms with Crippen molar-refractivity contribution in [3.05, 3.63) is 30.3 Å². The molecular formula is C17H23FN4O2. The molecule has 2 aliphatic rings. The number of rotatable bonds is 4. The first-order valence-corrected chi connectivity index (χ1v) is 8.27. The normalized spacial score (nSPS) is 25.0. The largest absolute Gasteiger partial charge is 0.368 e. The van der Waals surface area contributed by atoms with Crippen molar-refractivity contribution in [2.45, 2.75) is 12.1 Å². The van der Waals surface area contributed by atoms with Crippen LogP contribution in [-0.4, -0.2) is 73.1 Å². The summed E-state index contributed by atoms with van der Waals surface area (Å²) >= 11 is 0. The van der Waals surface area contributed by atoms with Gasteiger partial charge in [-0.2, -0.15) is 0 Å². The lowest BCUT2D eigenvalue weighted by Crippen LogP contribution is -2.51. The topological polar surface area (TPSA) is 69.9 Å². The molecule has 0 bridgehead atoms. The van der Waals surface area contributed by atoms with Crippen molar-refractivity contribution in [3.63, 3.8) is 0 Å². The summed E-state index contributed by atoms with van der Waals surface area (Å²) in [5.41, 5.74) is 4.26. The maximum atomic E-state index is 14.2. The molecular weight excluding hydrogens is 311 g/mol. The van der Waals surface area contributed by atoms with Crippen LogP contribution in [-0.2, 0) is 9.59 Å². The van der Waals surface area contributed by atoms with Crippen LogP contribution in [0.15, 0.2) is 30.3 Å². The van der Waals surface area contributed by atoms with Gasteiger partial charge in [-0.05, 0) is 12.1 Å². The van der Waals surface area contributed by atoms with E-state index in [0.717, 1.165) is 18.8 Å². The third-order valence-electron chi connectivity index (χ3n) is 4.85. The number of anilines is 1. The zero-order chi connectivity index (χ0) is 17.2. The number of nitrogens with two attached hydrogens (primary N) is 1. The minimum atomic E-state index is -1.99. The summed E-state index contributed by atoms with van der Waals surface area (Å²) < 4.78 is 14.2. The number of carbonyl (C=O) groups is 2. The first kappa shape index (κ1) is 16.7. The van der Waals surface area contributed by atoms with Crippen LogP contribution >= 0.6 is 0 Å². The van der Waals surface area contributed by atoms with E-state index >= 15 is 0 Å². The van der Waals surface area contributed by atoms with Gasteiger partial charge in [0.25, 0.3) is 5.91 Å². The van der Waals surface area contributed by atoms with E-state index in [-0.39, 0.29) is 25.4 Å². The number of hydrogen-bond acceptors (Lipinski definition) is 4. The highest BCUT2D eigenvalue weighted by atomic mass is 19.1. The third kappa shape index (κ3) is 3.51. The van der Waals surface area contributed by atoms with Gasteiger partial charge in [-0.25, -0.2) is 4.39 Å². The molecule has 2 aliphatic heterocycles. The Morgan fingerprint density at radius 2 is 1.75 bits per heavy atom. The number of para-hydroxylation sites is 1. The Morgan fingerprint density at radius 3 is 2.33 bits per heavy atom. The predicted molar refractivity (Wildman–Crippen MR) is 89.3 cm³/mol. The number of nitrogens with zero attached hydrogens (tertiary/aromatic N) is 3. The molecule has 1 aromatic carbocycles. The average Bonchev–Trinajstić information content (AvgIpc) is 2.98. The maximum absolute atomic E-state index is 14.2. The first-order valence-electron chi connectivity index (χ1n) is 8.27. The molecule has 2 saturated heterocycles. The summed E-state index contributed by atoms with van der Waals surface area (Å²) in [5, 5.41) is 0. The molecule has 0 radical (unpaired) electrons. The summed E-state index contributed by atoms with van der Waals surface area (Å²) in [5.74, 6) is -0.953. The zero-order valence-corrected chi connectivity index (χ0v) is 13.7. The molecule has 2 fully saturated rings. The molecule has 0 aromatic heterocycles. The molecule has 1 atom stereocenters. The summed E-state index contributed by atoms with van der Waals surface area (Å²) in [6, 6.07) is 10.1. The van der Waals surface area contributed by atoms with E-state index < -0.39 is 11.6 Å². The predicted octanol–water partition coefficient (Wildman–Crippen LogP) is 0.235. The van der Waals surface area contributed by atoms with Gasteiger partial charge in [-0.1, -0.05) is 18.2 Å². The fourth-order valence-corrected chi connectivity index (χ4v) is 3.33. The molecule has 0 spiro atoms. The Labute approximate surface area is 141 Å². The fraction of sp³-hybridized carbons (Fsp3) is 0.529. The van der Waals surface area contributed by atoms with Crippen molar-refractivity contribution in [2.75, 3.05) is 50.7 Å². The molecule has 130 valence electrons. The molecule has 0 saturated carbocycles. The number of hydrogen-bond donors (Lipinski definition) is 1. The van der Waals surface area contributed by atoms with Crippen molar-refractivity contribution in [3.8, 4) is 0 Å². The molecule has 0 aliphatic carbocycles. The number of primary amides is 1. The van der Waals surface area contributed by atoms with Crippen LogP contribution < -0.4 is 10.6 Å². The lowest BCUT2D eigenvalue weighted by atomic mass is 10.1. The van der Waals surface area contributed by atoms with Gasteiger partial charge in [0, 0.05) is 51.4 Å². The van der Waals surface area contributed by atoms with Gasteiger partial charge in [-0.15, -0.1) is 0 Å². The number of amides is 2. The summed E-state index contributed by atoms with van der Waals surface area (Å²) in [4.78, 5) is 29.3. The van der Waals surface area contributed by atoms with Gasteiger partial charge in [0.2, 0.25) is 11.6 Å². The highest BCUT2D eigenvalue weighted by Crippen LogP contribution is 2.25. The van der Waals surface area contributed by atoms with E-state index in [9.17, 15) is 14.0 Å². The van der Waals surface area contributed by atoms with Crippen LogP contribution in [0.25, 0.3) is 0 Å². The Morgan fingerprint density at radius 1 is 1.08 bits per heavy atom. The lowest BCUT2D eigenvalue weighted by molar-refractivity contribution is -0.133. The van der Waals surface area contributed by atoms with E-state index in [1.165, 1.54) is 0 Å². The first-order chi connectivity index (χ1) is 11.5. The molecule has 3 rings (SSSR count). The minimum Gasteiger partial charge on any atom is -0.368 e. The van der Waals surface area contributed by atoms with Crippen molar-refractivity contribution >= 4 is 17.5 Å². The van der Waals surface area contributed by atoms with E-state index in [4.69, 9.17) is 5.73 Å². The van der Waals surface area contributed by atoms with E-state index in [0.29, 0.717) is 19.6 Å². The van der Waals surface area contributed by atoms with Crippen LogP contribution in [0.1, 0.15) is 6.42 Å². The molecule has 24 heavy (non-hydrogen) atoms.